The predicted octanol–water partition coefficient (Wildman–Crippen LogP) is 2.75. The van der Waals surface area contributed by atoms with E-state index >= 15 is 0 Å². The molecule has 5 heteroatoms. The lowest BCUT2D eigenvalue weighted by molar-refractivity contribution is 0.151. The summed E-state index contributed by atoms with van der Waals surface area (Å²) in [6.07, 6.45) is 2.03. The molecule has 0 spiro atoms. The predicted molar refractivity (Wildman–Crippen MR) is 85.0 cm³/mol. The van der Waals surface area contributed by atoms with Gasteiger partial charge in [-0.3, -0.25) is 9.58 Å². The fourth-order valence-corrected chi connectivity index (χ4v) is 2.94. The number of rotatable bonds is 4. The molecular weight excluding hydrogens is 279 g/mol. The van der Waals surface area contributed by atoms with Crippen LogP contribution in [0.2, 0.25) is 0 Å². The second-order valence-corrected chi connectivity index (χ2v) is 6.13. The summed E-state index contributed by atoms with van der Waals surface area (Å²) in [5, 5.41) is 8.03. The van der Waals surface area contributed by atoms with Crippen molar-refractivity contribution >= 4 is 0 Å². The summed E-state index contributed by atoms with van der Waals surface area (Å²) in [6, 6.07) is 9.55. The number of aromatic nitrogens is 2. The zero-order valence-electron chi connectivity index (χ0n) is 13.2. The number of benzene rings is 1. The molecular formula is C17H23FN4. The molecule has 0 radical (unpaired) electrons. The van der Waals surface area contributed by atoms with Gasteiger partial charge in [-0.2, -0.15) is 5.10 Å². The number of halogens is 1. The second-order valence-electron chi connectivity index (χ2n) is 6.13. The van der Waals surface area contributed by atoms with Crippen LogP contribution in [0, 0.1) is 5.82 Å². The van der Waals surface area contributed by atoms with E-state index in [2.05, 4.69) is 35.2 Å². The first-order valence-electron chi connectivity index (χ1n) is 7.88. The van der Waals surface area contributed by atoms with Gasteiger partial charge in [-0.1, -0.05) is 12.1 Å². The SMILES string of the molecule is CC(C)n1ccc(CN2CCNCC2c2cccc(F)c2)n1. The quantitative estimate of drug-likeness (QED) is 0.943. The van der Waals surface area contributed by atoms with Crippen LogP contribution in [0.15, 0.2) is 36.5 Å². The van der Waals surface area contributed by atoms with Crippen LogP contribution in [0.4, 0.5) is 4.39 Å². The van der Waals surface area contributed by atoms with E-state index in [0.717, 1.165) is 37.4 Å². The summed E-state index contributed by atoms with van der Waals surface area (Å²) in [7, 11) is 0. The minimum absolute atomic E-state index is 0.174. The second kappa shape index (κ2) is 6.58. The highest BCUT2D eigenvalue weighted by Crippen LogP contribution is 2.24. The number of hydrogen-bond acceptors (Lipinski definition) is 3. The van der Waals surface area contributed by atoms with Gasteiger partial charge in [0.15, 0.2) is 0 Å². The average Bonchev–Trinajstić information content (AvgIpc) is 2.97. The summed E-state index contributed by atoms with van der Waals surface area (Å²) < 4.78 is 15.5. The van der Waals surface area contributed by atoms with Gasteiger partial charge >= 0.3 is 0 Å². The molecule has 22 heavy (non-hydrogen) atoms. The fraction of sp³-hybridized carbons (Fsp3) is 0.471. The smallest absolute Gasteiger partial charge is 0.123 e. The summed E-state index contributed by atoms with van der Waals surface area (Å²) in [5.41, 5.74) is 2.09. The van der Waals surface area contributed by atoms with Crippen molar-refractivity contribution < 1.29 is 4.39 Å². The van der Waals surface area contributed by atoms with Crippen LogP contribution in [0.3, 0.4) is 0 Å². The molecule has 1 N–H and O–H groups in total. The van der Waals surface area contributed by atoms with E-state index in [4.69, 9.17) is 0 Å². The molecule has 1 aliphatic heterocycles. The number of hydrogen-bond donors (Lipinski definition) is 1. The van der Waals surface area contributed by atoms with E-state index in [-0.39, 0.29) is 11.9 Å². The summed E-state index contributed by atoms with van der Waals surface area (Å²) in [4.78, 5) is 2.37. The Balaban J connectivity index is 1.77. The van der Waals surface area contributed by atoms with Crippen LogP contribution < -0.4 is 5.32 Å². The Kier molecular flexibility index (Phi) is 4.55. The van der Waals surface area contributed by atoms with Gasteiger partial charge < -0.3 is 5.32 Å². The van der Waals surface area contributed by atoms with Gasteiger partial charge in [-0.25, -0.2) is 4.39 Å². The first-order valence-corrected chi connectivity index (χ1v) is 7.88. The first-order chi connectivity index (χ1) is 10.6. The van der Waals surface area contributed by atoms with Crippen LogP contribution in [0.5, 0.6) is 0 Å². The molecule has 3 rings (SSSR count). The Morgan fingerprint density at radius 2 is 2.23 bits per heavy atom. The minimum atomic E-state index is -0.174. The summed E-state index contributed by atoms with van der Waals surface area (Å²) in [6.45, 7) is 7.78. The normalized spacial score (nSPS) is 19.7. The van der Waals surface area contributed by atoms with Gasteiger partial charge in [0.05, 0.1) is 5.69 Å². The van der Waals surface area contributed by atoms with Crippen molar-refractivity contribution in [2.75, 3.05) is 19.6 Å². The zero-order valence-corrected chi connectivity index (χ0v) is 13.2. The van der Waals surface area contributed by atoms with E-state index in [1.54, 1.807) is 12.1 Å². The van der Waals surface area contributed by atoms with Crippen molar-refractivity contribution in [3.63, 3.8) is 0 Å². The van der Waals surface area contributed by atoms with Crippen LogP contribution in [0.1, 0.15) is 37.2 Å². The van der Waals surface area contributed by atoms with Crippen LogP contribution in [0.25, 0.3) is 0 Å². The molecule has 0 aliphatic carbocycles. The Morgan fingerprint density at radius 1 is 1.36 bits per heavy atom. The topological polar surface area (TPSA) is 33.1 Å². The zero-order chi connectivity index (χ0) is 15.5. The van der Waals surface area contributed by atoms with E-state index in [9.17, 15) is 4.39 Å². The van der Waals surface area contributed by atoms with E-state index in [1.165, 1.54) is 6.07 Å². The molecule has 1 aromatic heterocycles. The largest absolute Gasteiger partial charge is 0.314 e. The monoisotopic (exact) mass is 302 g/mol. The maximum Gasteiger partial charge on any atom is 0.123 e. The molecule has 2 heterocycles. The van der Waals surface area contributed by atoms with Crippen molar-refractivity contribution in [2.45, 2.75) is 32.5 Å². The van der Waals surface area contributed by atoms with E-state index < -0.39 is 0 Å². The van der Waals surface area contributed by atoms with Crippen LogP contribution in [-0.2, 0) is 6.54 Å². The standard InChI is InChI=1S/C17H23FN4/c1-13(2)22-8-6-16(20-22)12-21-9-7-19-11-17(21)14-4-3-5-15(18)10-14/h3-6,8,10,13,17,19H,7,9,11-12H2,1-2H3. The number of nitrogens with zero attached hydrogens (tertiary/aromatic N) is 3. The maximum absolute atomic E-state index is 13.5. The highest BCUT2D eigenvalue weighted by atomic mass is 19.1. The molecule has 2 aromatic rings. The van der Waals surface area contributed by atoms with Gasteiger partial charge in [-0.05, 0) is 37.6 Å². The Bertz CT molecular complexity index is 623. The van der Waals surface area contributed by atoms with Gasteiger partial charge in [0.25, 0.3) is 0 Å². The van der Waals surface area contributed by atoms with E-state index in [0.29, 0.717) is 6.04 Å². The molecule has 0 amide bonds. The van der Waals surface area contributed by atoms with Crippen molar-refractivity contribution in [1.29, 1.82) is 0 Å². The molecule has 1 atom stereocenters. The molecule has 1 aromatic carbocycles. The average molecular weight is 302 g/mol. The maximum atomic E-state index is 13.5. The highest BCUT2D eigenvalue weighted by molar-refractivity contribution is 5.21. The van der Waals surface area contributed by atoms with Gasteiger partial charge in [0.2, 0.25) is 0 Å². The van der Waals surface area contributed by atoms with Crippen molar-refractivity contribution in [3.05, 3.63) is 53.6 Å². The highest BCUT2D eigenvalue weighted by Gasteiger charge is 2.24. The lowest BCUT2D eigenvalue weighted by Gasteiger charge is -2.36. The Morgan fingerprint density at radius 3 is 2.95 bits per heavy atom. The van der Waals surface area contributed by atoms with Crippen molar-refractivity contribution in [1.82, 2.24) is 20.0 Å². The molecule has 0 saturated carbocycles. The third-order valence-corrected chi connectivity index (χ3v) is 4.15. The number of nitrogens with one attached hydrogen (secondary N) is 1. The van der Waals surface area contributed by atoms with Crippen LogP contribution >= 0.6 is 0 Å². The Labute approximate surface area is 130 Å². The van der Waals surface area contributed by atoms with E-state index in [1.807, 2.05) is 16.9 Å². The summed E-state index contributed by atoms with van der Waals surface area (Å²) in [5.74, 6) is -0.174. The van der Waals surface area contributed by atoms with Crippen molar-refractivity contribution in [2.24, 2.45) is 0 Å². The molecule has 1 saturated heterocycles. The van der Waals surface area contributed by atoms with Gasteiger partial charge in [0.1, 0.15) is 5.82 Å². The first kappa shape index (κ1) is 15.2. The molecule has 4 nitrogen and oxygen atoms in total. The third kappa shape index (κ3) is 3.36. The molecule has 118 valence electrons. The fourth-order valence-electron chi connectivity index (χ4n) is 2.94. The molecule has 1 unspecified atom stereocenters. The lowest BCUT2D eigenvalue weighted by Crippen LogP contribution is -2.45. The third-order valence-electron chi connectivity index (χ3n) is 4.15. The minimum Gasteiger partial charge on any atom is -0.314 e. The van der Waals surface area contributed by atoms with Crippen LogP contribution in [-0.4, -0.2) is 34.3 Å². The van der Waals surface area contributed by atoms with Crippen molar-refractivity contribution in [3.8, 4) is 0 Å². The van der Waals surface area contributed by atoms with Gasteiger partial charge in [0, 0.05) is 44.5 Å². The molecule has 1 fully saturated rings. The number of piperazine rings is 1. The molecule has 1 aliphatic rings. The van der Waals surface area contributed by atoms with Gasteiger partial charge in [-0.15, -0.1) is 0 Å². The molecule has 0 bridgehead atoms. The lowest BCUT2D eigenvalue weighted by atomic mass is 10.0. The Hall–Kier alpha value is -1.72. The summed E-state index contributed by atoms with van der Waals surface area (Å²) >= 11 is 0.